The molecule has 0 aromatic heterocycles. The molecule has 98 valence electrons. The van der Waals surface area contributed by atoms with Gasteiger partial charge in [0.25, 0.3) is 0 Å². The SMILES string of the molecule is O=C1CC(Br)CN1CCCNC1CCCCC1. The Labute approximate surface area is 112 Å². The van der Waals surface area contributed by atoms with E-state index >= 15 is 0 Å². The minimum Gasteiger partial charge on any atom is -0.341 e. The largest absolute Gasteiger partial charge is 0.341 e. The van der Waals surface area contributed by atoms with Gasteiger partial charge in [-0.3, -0.25) is 4.79 Å². The Morgan fingerprint density at radius 1 is 1.29 bits per heavy atom. The minimum atomic E-state index is 0.310. The first-order valence-corrected chi connectivity index (χ1v) is 7.82. The molecule has 1 atom stereocenters. The molecule has 1 aliphatic carbocycles. The molecule has 1 saturated heterocycles. The highest BCUT2D eigenvalue weighted by Gasteiger charge is 2.26. The molecule has 4 heteroatoms. The number of carbonyl (C=O) groups excluding carboxylic acids is 1. The van der Waals surface area contributed by atoms with Gasteiger partial charge in [-0.25, -0.2) is 0 Å². The number of halogens is 1. The lowest BCUT2D eigenvalue weighted by molar-refractivity contribution is -0.127. The summed E-state index contributed by atoms with van der Waals surface area (Å²) in [5, 5.41) is 3.62. The van der Waals surface area contributed by atoms with Gasteiger partial charge in [0.1, 0.15) is 0 Å². The maximum Gasteiger partial charge on any atom is 0.223 e. The van der Waals surface area contributed by atoms with Crippen LogP contribution in [0.15, 0.2) is 0 Å². The number of nitrogens with one attached hydrogen (secondary N) is 1. The van der Waals surface area contributed by atoms with Gasteiger partial charge in [-0.05, 0) is 25.8 Å². The molecule has 1 amide bonds. The minimum absolute atomic E-state index is 0.310. The molecular weight excluding hydrogens is 280 g/mol. The summed E-state index contributed by atoms with van der Waals surface area (Å²) in [6.45, 7) is 2.87. The van der Waals surface area contributed by atoms with E-state index in [0.29, 0.717) is 17.2 Å². The van der Waals surface area contributed by atoms with E-state index in [4.69, 9.17) is 0 Å². The van der Waals surface area contributed by atoms with Crippen molar-refractivity contribution in [2.75, 3.05) is 19.6 Å². The topological polar surface area (TPSA) is 32.3 Å². The van der Waals surface area contributed by atoms with Crippen LogP contribution in [0.3, 0.4) is 0 Å². The molecule has 1 aliphatic heterocycles. The number of rotatable bonds is 5. The Balaban J connectivity index is 1.55. The summed E-state index contributed by atoms with van der Waals surface area (Å²) >= 11 is 3.51. The first kappa shape index (κ1) is 13.3. The van der Waals surface area contributed by atoms with Crippen molar-refractivity contribution in [3.8, 4) is 0 Å². The van der Waals surface area contributed by atoms with E-state index in [1.165, 1.54) is 32.1 Å². The fourth-order valence-corrected chi connectivity index (χ4v) is 3.45. The van der Waals surface area contributed by atoms with Gasteiger partial charge in [-0.15, -0.1) is 0 Å². The van der Waals surface area contributed by atoms with E-state index in [0.717, 1.165) is 32.1 Å². The van der Waals surface area contributed by atoms with Crippen LogP contribution < -0.4 is 5.32 Å². The van der Waals surface area contributed by atoms with Crippen molar-refractivity contribution >= 4 is 21.8 Å². The fourth-order valence-electron chi connectivity index (χ4n) is 2.82. The maximum absolute atomic E-state index is 11.6. The second-order valence-corrected chi connectivity index (χ2v) is 6.58. The van der Waals surface area contributed by atoms with Gasteiger partial charge >= 0.3 is 0 Å². The van der Waals surface area contributed by atoms with Crippen LogP contribution in [0, 0.1) is 0 Å². The van der Waals surface area contributed by atoms with Crippen molar-refractivity contribution in [1.82, 2.24) is 10.2 Å². The van der Waals surface area contributed by atoms with Crippen LogP contribution in [0.25, 0.3) is 0 Å². The quantitative estimate of drug-likeness (QED) is 0.624. The van der Waals surface area contributed by atoms with Gasteiger partial charge < -0.3 is 10.2 Å². The van der Waals surface area contributed by atoms with Gasteiger partial charge in [0.2, 0.25) is 5.91 Å². The molecule has 0 radical (unpaired) electrons. The number of alkyl halides is 1. The second kappa shape index (κ2) is 6.74. The van der Waals surface area contributed by atoms with Crippen molar-refractivity contribution in [3.63, 3.8) is 0 Å². The van der Waals surface area contributed by atoms with Crippen LogP contribution in [0.4, 0.5) is 0 Å². The zero-order valence-corrected chi connectivity index (χ0v) is 12.0. The number of amides is 1. The Morgan fingerprint density at radius 3 is 2.71 bits per heavy atom. The Morgan fingerprint density at radius 2 is 2.06 bits per heavy atom. The highest BCUT2D eigenvalue weighted by molar-refractivity contribution is 9.09. The first-order valence-electron chi connectivity index (χ1n) is 6.91. The highest BCUT2D eigenvalue weighted by atomic mass is 79.9. The molecule has 1 saturated carbocycles. The van der Waals surface area contributed by atoms with E-state index in [1.54, 1.807) is 0 Å². The molecule has 2 rings (SSSR count). The summed E-state index contributed by atoms with van der Waals surface area (Å²) in [7, 11) is 0. The lowest BCUT2D eigenvalue weighted by Gasteiger charge is -2.23. The lowest BCUT2D eigenvalue weighted by Crippen LogP contribution is -2.34. The van der Waals surface area contributed by atoms with Gasteiger partial charge in [0.05, 0.1) is 0 Å². The Kier molecular flexibility index (Phi) is 5.29. The van der Waals surface area contributed by atoms with E-state index in [-0.39, 0.29) is 0 Å². The first-order chi connectivity index (χ1) is 8.25. The molecular formula is C13H23BrN2O. The number of likely N-dealkylation sites (tertiary alicyclic amines) is 1. The zero-order valence-electron chi connectivity index (χ0n) is 10.5. The smallest absolute Gasteiger partial charge is 0.223 e. The molecule has 2 aliphatic rings. The average Bonchev–Trinajstić information content (AvgIpc) is 2.65. The molecule has 0 aromatic rings. The van der Waals surface area contributed by atoms with Gasteiger partial charge in [0.15, 0.2) is 0 Å². The Bertz CT molecular complexity index is 254. The van der Waals surface area contributed by atoms with E-state index in [2.05, 4.69) is 21.2 Å². The summed E-state index contributed by atoms with van der Waals surface area (Å²) < 4.78 is 0. The molecule has 17 heavy (non-hydrogen) atoms. The normalized spacial score (nSPS) is 26.8. The summed E-state index contributed by atoms with van der Waals surface area (Å²) in [4.78, 5) is 13.9. The van der Waals surface area contributed by atoms with E-state index < -0.39 is 0 Å². The number of carbonyl (C=O) groups is 1. The van der Waals surface area contributed by atoms with Gasteiger partial charge in [-0.2, -0.15) is 0 Å². The summed E-state index contributed by atoms with van der Waals surface area (Å²) in [6.07, 6.45) is 8.62. The van der Waals surface area contributed by atoms with Gasteiger partial charge in [-0.1, -0.05) is 35.2 Å². The fraction of sp³-hybridized carbons (Fsp3) is 0.923. The van der Waals surface area contributed by atoms with Crippen LogP contribution in [0.5, 0.6) is 0 Å². The van der Waals surface area contributed by atoms with E-state index in [1.807, 2.05) is 4.90 Å². The number of nitrogens with zero attached hydrogens (tertiary/aromatic N) is 1. The molecule has 0 spiro atoms. The average molecular weight is 303 g/mol. The third-order valence-electron chi connectivity index (χ3n) is 3.81. The summed E-state index contributed by atoms with van der Waals surface area (Å²) in [5.74, 6) is 0.310. The standard InChI is InChI=1S/C13H23BrN2O/c14-11-9-13(17)16(10-11)8-4-7-15-12-5-2-1-3-6-12/h11-12,15H,1-10H2. The highest BCUT2D eigenvalue weighted by Crippen LogP contribution is 2.19. The van der Waals surface area contributed by atoms with Crippen LogP contribution >= 0.6 is 15.9 Å². The third-order valence-corrected chi connectivity index (χ3v) is 4.42. The molecule has 1 unspecified atom stereocenters. The molecule has 1 heterocycles. The van der Waals surface area contributed by atoms with Crippen molar-refractivity contribution in [2.24, 2.45) is 0 Å². The zero-order chi connectivity index (χ0) is 12.1. The molecule has 3 nitrogen and oxygen atoms in total. The van der Waals surface area contributed by atoms with Crippen molar-refractivity contribution in [3.05, 3.63) is 0 Å². The Hall–Kier alpha value is -0.0900. The summed E-state index contributed by atoms with van der Waals surface area (Å²) in [5.41, 5.74) is 0. The van der Waals surface area contributed by atoms with Crippen LogP contribution in [0.1, 0.15) is 44.9 Å². The van der Waals surface area contributed by atoms with Crippen molar-refractivity contribution < 1.29 is 4.79 Å². The monoisotopic (exact) mass is 302 g/mol. The molecule has 0 bridgehead atoms. The summed E-state index contributed by atoms with van der Waals surface area (Å²) in [6, 6.07) is 0.738. The van der Waals surface area contributed by atoms with Crippen LogP contribution in [-0.2, 0) is 4.79 Å². The van der Waals surface area contributed by atoms with E-state index in [9.17, 15) is 4.79 Å². The predicted molar refractivity (Wildman–Crippen MR) is 73.4 cm³/mol. The van der Waals surface area contributed by atoms with Crippen molar-refractivity contribution in [1.29, 1.82) is 0 Å². The van der Waals surface area contributed by atoms with Crippen molar-refractivity contribution in [2.45, 2.75) is 55.8 Å². The van der Waals surface area contributed by atoms with Crippen LogP contribution in [0.2, 0.25) is 0 Å². The second-order valence-electron chi connectivity index (χ2n) is 5.28. The molecule has 0 aromatic carbocycles. The number of hydrogen-bond donors (Lipinski definition) is 1. The predicted octanol–water partition coefficient (Wildman–Crippen LogP) is 2.29. The lowest BCUT2D eigenvalue weighted by atomic mass is 9.95. The maximum atomic E-state index is 11.6. The van der Waals surface area contributed by atoms with Gasteiger partial charge in [0, 0.05) is 30.4 Å². The van der Waals surface area contributed by atoms with Crippen LogP contribution in [-0.4, -0.2) is 41.3 Å². The molecule has 1 N–H and O–H groups in total. The number of hydrogen-bond acceptors (Lipinski definition) is 2. The third kappa shape index (κ3) is 4.25. The molecule has 2 fully saturated rings.